The molecule has 1 aliphatic heterocycles. The fourth-order valence-corrected chi connectivity index (χ4v) is 2.17. The minimum atomic E-state index is -2.92. The number of amides is 2. The van der Waals surface area contributed by atoms with Crippen LogP contribution < -0.4 is 0 Å². The quantitative estimate of drug-likeness (QED) is 0.371. The third kappa shape index (κ3) is 2.33. The Balaban J connectivity index is 1.91. The monoisotopic (exact) mass is 343 g/mol. The Morgan fingerprint density at radius 2 is 1.42 bits per heavy atom. The zero-order valence-corrected chi connectivity index (χ0v) is 11.5. The lowest BCUT2D eigenvalue weighted by molar-refractivity contribution is -0.183. The molecule has 0 N–H and O–H groups in total. The van der Waals surface area contributed by atoms with E-state index in [1.165, 1.54) is 24.3 Å². The van der Waals surface area contributed by atoms with E-state index in [2.05, 4.69) is 4.84 Å². The molecule has 2 aromatic carbocycles. The van der Waals surface area contributed by atoms with Crippen molar-refractivity contribution in [2.24, 2.45) is 0 Å². The summed E-state index contributed by atoms with van der Waals surface area (Å²) < 4.78 is 66.7. The van der Waals surface area contributed by atoms with Crippen molar-refractivity contribution >= 4 is 11.8 Å². The molecule has 124 valence electrons. The van der Waals surface area contributed by atoms with Gasteiger partial charge >= 0.3 is 0 Å². The highest BCUT2D eigenvalue weighted by Gasteiger charge is 2.39. The maximum atomic E-state index is 14.0. The minimum absolute atomic E-state index is 0.00788. The third-order valence-electron chi connectivity index (χ3n) is 3.33. The lowest BCUT2D eigenvalue weighted by Crippen LogP contribution is -2.31. The zero-order valence-electron chi connectivity index (χ0n) is 11.5. The van der Waals surface area contributed by atoms with Gasteiger partial charge in [-0.05, 0) is 18.2 Å². The topological polar surface area (TPSA) is 46.6 Å². The fourth-order valence-electron chi connectivity index (χ4n) is 2.17. The highest BCUT2D eigenvalue weighted by molar-refractivity contribution is 6.20. The van der Waals surface area contributed by atoms with Crippen molar-refractivity contribution < 1.29 is 36.4 Å². The summed E-state index contributed by atoms with van der Waals surface area (Å²) in [6.07, 6.45) is -2.92. The number of hydroxylamine groups is 2. The van der Waals surface area contributed by atoms with Crippen LogP contribution >= 0.6 is 0 Å². The molecule has 1 aliphatic rings. The molecule has 0 saturated heterocycles. The van der Waals surface area contributed by atoms with Gasteiger partial charge in [0, 0.05) is 0 Å². The summed E-state index contributed by atoms with van der Waals surface area (Å²) in [5.41, 5.74) is -1.48. The van der Waals surface area contributed by atoms with Crippen molar-refractivity contribution in [3.05, 3.63) is 70.3 Å². The van der Waals surface area contributed by atoms with E-state index in [9.17, 15) is 31.5 Å². The lowest BCUT2D eigenvalue weighted by atomic mass is 10.1. The number of carbonyl (C=O) groups is 2. The van der Waals surface area contributed by atoms with E-state index in [1.54, 1.807) is 0 Å². The van der Waals surface area contributed by atoms with Gasteiger partial charge in [0.25, 0.3) is 18.2 Å². The average Bonchev–Trinajstić information content (AvgIpc) is 2.81. The van der Waals surface area contributed by atoms with Crippen LogP contribution in [0.1, 0.15) is 32.6 Å². The molecule has 0 aromatic heterocycles. The van der Waals surface area contributed by atoms with E-state index in [0.29, 0.717) is 0 Å². The first-order chi connectivity index (χ1) is 11.3. The Morgan fingerprint density at radius 3 is 1.96 bits per heavy atom. The Bertz CT molecular complexity index is 835. The molecule has 0 saturated carbocycles. The molecule has 4 nitrogen and oxygen atoms in total. The second kappa shape index (κ2) is 5.68. The first-order valence-corrected chi connectivity index (χ1v) is 6.44. The molecule has 0 fully saturated rings. The summed E-state index contributed by atoms with van der Waals surface area (Å²) in [6, 6.07) is 5.50. The second-order valence-electron chi connectivity index (χ2n) is 4.76. The number of alkyl halides is 1. The molecule has 24 heavy (non-hydrogen) atoms. The molecule has 0 radical (unpaired) electrons. The Morgan fingerprint density at radius 1 is 0.875 bits per heavy atom. The summed E-state index contributed by atoms with van der Waals surface area (Å²) in [6.45, 7) is 0. The molecule has 3 rings (SSSR count). The number of rotatable bonds is 3. The van der Waals surface area contributed by atoms with E-state index < -0.39 is 47.0 Å². The van der Waals surface area contributed by atoms with Crippen molar-refractivity contribution in [2.75, 3.05) is 0 Å². The van der Waals surface area contributed by atoms with Crippen LogP contribution in [0.3, 0.4) is 0 Å². The molecule has 1 atom stereocenters. The van der Waals surface area contributed by atoms with Crippen LogP contribution in [0.4, 0.5) is 22.0 Å². The molecule has 2 amide bonds. The molecular formula is C15H6F5NO3. The molecule has 2 aromatic rings. The van der Waals surface area contributed by atoms with Gasteiger partial charge in [-0.15, -0.1) is 5.06 Å². The van der Waals surface area contributed by atoms with E-state index in [0.717, 1.165) is 0 Å². The first-order valence-electron chi connectivity index (χ1n) is 6.44. The van der Waals surface area contributed by atoms with Gasteiger partial charge in [-0.2, -0.15) is 0 Å². The average molecular weight is 343 g/mol. The predicted molar refractivity (Wildman–Crippen MR) is 68.1 cm³/mol. The third-order valence-corrected chi connectivity index (χ3v) is 3.33. The van der Waals surface area contributed by atoms with E-state index >= 15 is 0 Å². The number of halogens is 5. The number of hydrogen-bond donors (Lipinski definition) is 0. The van der Waals surface area contributed by atoms with Crippen LogP contribution in [0.15, 0.2) is 30.3 Å². The van der Waals surface area contributed by atoms with Crippen molar-refractivity contribution in [1.29, 1.82) is 0 Å². The number of fused-ring (bicyclic) bond motifs is 1. The van der Waals surface area contributed by atoms with Crippen molar-refractivity contribution in [2.45, 2.75) is 6.36 Å². The first kappa shape index (κ1) is 16.1. The van der Waals surface area contributed by atoms with Crippen LogP contribution in [0.5, 0.6) is 0 Å². The van der Waals surface area contributed by atoms with Crippen LogP contribution in [-0.2, 0) is 4.84 Å². The van der Waals surface area contributed by atoms with Gasteiger partial charge in [-0.1, -0.05) is 12.1 Å². The smallest absolute Gasteiger partial charge is 0.266 e. The second-order valence-corrected chi connectivity index (χ2v) is 4.76. The van der Waals surface area contributed by atoms with E-state index in [1.807, 2.05) is 0 Å². The molecule has 0 spiro atoms. The van der Waals surface area contributed by atoms with Crippen molar-refractivity contribution in [1.82, 2.24) is 5.06 Å². The minimum Gasteiger partial charge on any atom is -0.266 e. The van der Waals surface area contributed by atoms with Gasteiger partial charge in [0.15, 0.2) is 23.3 Å². The molecule has 0 bridgehead atoms. The summed E-state index contributed by atoms with van der Waals surface area (Å²) in [5.74, 6) is -10.3. The lowest BCUT2D eigenvalue weighted by Gasteiger charge is -2.17. The van der Waals surface area contributed by atoms with Gasteiger partial charge in [0.05, 0.1) is 16.7 Å². The van der Waals surface area contributed by atoms with Gasteiger partial charge in [-0.25, -0.2) is 26.8 Å². The molecule has 9 heteroatoms. The van der Waals surface area contributed by atoms with Crippen LogP contribution in [0, 0.1) is 23.3 Å². The van der Waals surface area contributed by atoms with E-state index in [-0.39, 0.29) is 22.3 Å². The number of benzene rings is 2. The molecule has 1 unspecified atom stereocenters. The number of imide groups is 1. The van der Waals surface area contributed by atoms with Gasteiger partial charge in [0.2, 0.25) is 0 Å². The predicted octanol–water partition coefficient (Wildman–Crippen LogP) is 3.44. The molecular weight excluding hydrogens is 337 g/mol. The maximum Gasteiger partial charge on any atom is 0.286 e. The van der Waals surface area contributed by atoms with Gasteiger partial charge in [0.1, 0.15) is 0 Å². The van der Waals surface area contributed by atoms with Gasteiger partial charge in [-0.3, -0.25) is 9.59 Å². The summed E-state index contributed by atoms with van der Waals surface area (Å²) >= 11 is 0. The SMILES string of the molecule is O=C1c2ccccc2C(=O)N1OC(F)c1cc(F)c(F)c(F)c1F. The molecule has 0 aliphatic carbocycles. The van der Waals surface area contributed by atoms with E-state index in [4.69, 9.17) is 0 Å². The highest BCUT2D eigenvalue weighted by Crippen LogP contribution is 2.31. The van der Waals surface area contributed by atoms with Crippen molar-refractivity contribution in [3.63, 3.8) is 0 Å². The van der Waals surface area contributed by atoms with Crippen LogP contribution in [-0.4, -0.2) is 16.9 Å². The zero-order chi connectivity index (χ0) is 17.6. The maximum absolute atomic E-state index is 14.0. The standard InChI is InChI=1S/C15H6F5NO3/c16-9-5-8(10(17)12(19)11(9)18)13(20)24-21-14(22)6-3-1-2-4-7(6)15(21)23/h1-5,13H. The summed E-state index contributed by atoms with van der Waals surface area (Å²) in [5, 5.41) is 0.00788. The number of hydrogen-bond acceptors (Lipinski definition) is 3. The Labute approximate surface area is 131 Å². The number of carbonyl (C=O) groups excluding carboxylic acids is 2. The molecule has 1 heterocycles. The number of nitrogens with zero attached hydrogens (tertiary/aromatic N) is 1. The van der Waals surface area contributed by atoms with Crippen molar-refractivity contribution in [3.8, 4) is 0 Å². The van der Waals surface area contributed by atoms with Crippen LogP contribution in [0.25, 0.3) is 0 Å². The fraction of sp³-hybridized carbons (Fsp3) is 0.0667. The normalized spacial score (nSPS) is 15.0. The summed E-state index contributed by atoms with van der Waals surface area (Å²) in [7, 11) is 0. The Hall–Kier alpha value is -2.81. The van der Waals surface area contributed by atoms with Gasteiger partial charge < -0.3 is 0 Å². The highest BCUT2D eigenvalue weighted by atomic mass is 19.2. The Kier molecular flexibility index (Phi) is 3.80. The van der Waals surface area contributed by atoms with Crippen LogP contribution in [0.2, 0.25) is 0 Å². The summed E-state index contributed by atoms with van der Waals surface area (Å²) in [4.78, 5) is 28.3. The largest absolute Gasteiger partial charge is 0.286 e.